The van der Waals surface area contributed by atoms with Crippen LogP contribution in [0.2, 0.25) is 0 Å². The lowest BCUT2D eigenvalue weighted by Gasteiger charge is -2.40. The van der Waals surface area contributed by atoms with E-state index in [1.807, 2.05) is 12.1 Å². The van der Waals surface area contributed by atoms with Crippen molar-refractivity contribution in [2.75, 3.05) is 11.4 Å². The Bertz CT molecular complexity index is 677. The van der Waals surface area contributed by atoms with Crippen LogP contribution in [0.25, 0.3) is 10.8 Å². The van der Waals surface area contributed by atoms with Gasteiger partial charge in [-0.25, -0.2) is 0 Å². The second kappa shape index (κ2) is 5.40. The van der Waals surface area contributed by atoms with Crippen molar-refractivity contribution in [3.05, 3.63) is 42.0 Å². The van der Waals surface area contributed by atoms with Crippen molar-refractivity contribution < 1.29 is 0 Å². The summed E-state index contributed by atoms with van der Waals surface area (Å²) < 4.78 is 0. The van der Waals surface area contributed by atoms with E-state index in [9.17, 15) is 0 Å². The van der Waals surface area contributed by atoms with E-state index in [-0.39, 0.29) is 5.84 Å². The number of anilines is 1. The summed E-state index contributed by atoms with van der Waals surface area (Å²) in [4.78, 5) is 2.51. The summed E-state index contributed by atoms with van der Waals surface area (Å²) in [5.41, 5.74) is 7.83. The fourth-order valence-electron chi connectivity index (χ4n) is 3.44. The summed E-state index contributed by atoms with van der Waals surface area (Å²) in [5.74, 6) is 0.850. The molecule has 0 aliphatic carbocycles. The Morgan fingerprint density at radius 3 is 2.57 bits per heavy atom. The van der Waals surface area contributed by atoms with Gasteiger partial charge in [0.1, 0.15) is 5.84 Å². The molecule has 2 atom stereocenters. The van der Waals surface area contributed by atoms with Gasteiger partial charge in [-0.15, -0.1) is 0 Å². The topological polar surface area (TPSA) is 53.1 Å². The third-order valence-corrected chi connectivity index (χ3v) is 4.87. The molecule has 0 amide bonds. The third-order valence-electron chi connectivity index (χ3n) is 4.87. The van der Waals surface area contributed by atoms with Crippen LogP contribution >= 0.6 is 0 Å². The summed E-state index contributed by atoms with van der Waals surface area (Å²) in [5, 5.41) is 10.0. The molecular formula is C18H23N3. The van der Waals surface area contributed by atoms with Gasteiger partial charge in [0.05, 0.1) is 0 Å². The average Bonchev–Trinajstić information content (AvgIpc) is 2.49. The van der Waals surface area contributed by atoms with Crippen LogP contribution in [0.1, 0.15) is 32.3 Å². The molecule has 1 fully saturated rings. The Labute approximate surface area is 126 Å². The number of rotatable bonds is 2. The number of nitrogen functional groups attached to an aromatic ring is 1. The van der Waals surface area contributed by atoms with E-state index in [1.54, 1.807) is 0 Å². The van der Waals surface area contributed by atoms with Crippen molar-refractivity contribution in [2.45, 2.75) is 32.7 Å². The maximum atomic E-state index is 7.77. The molecule has 1 heterocycles. The Morgan fingerprint density at radius 1 is 1.14 bits per heavy atom. The van der Waals surface area contributed by atoms with Crippen molar-refractivity contribution >= 4 is 22.3 Å². The predicted molar refractivity (Wildman–Crippen MR) is 90.2 cm³/mol. The van der Waals surface area contributed by atoms with Crippen LogP contribution in [0.5, 0.6) is 0 Å². The Balaban J connectivity index is 2.16. The van der Waals surface area contributed by atoms with Crippen molar-refractivity contribution in [1.29, 1.82) is 5.41 Å². The number of amidine groups is 1. The van der Waals surface area contributed by atoms with E-state index >= 15 is 0 Å². The molecule has 3 nitrogen and oxygen atoms in total. The highest BCUT2D eigenvalue weighted by molar-refractivity contribution is 6.10. The SMILES string of the molecule is CC1CCCN(c2ccc(C(=N)N)c3ccccc23)C1C. The maximum Gasteiger partial charge on any atom is 0.123 e. The summed E-state index contributed by atoms with van der Waals surface area (Å²) in [6.45, 7) is 5.76. The van der Waals surface area contributed by atoms with Gasteiger partial charge in [-0.05, 0) is 43.2 Å². The average molecular weight is 281 g/mol. The Kier molecular flexibility index (Phi) is 3.58. The molecule has 2 aromatic carbocycles. The lowest BCUT2D eigenvalue weighted by molar-refractivity contribution is 0.364. The minimum absolute atomic E-state index is 0.137. The molecular weight excluding hydrogens is 258 g/mol. The van der Waals surface area contributed by atoms with Crippen molar-refractivity contribution in [3.8, 4) is 0 Å². The number of nitrogens with zero attached hydrogens (tertiary/aromatic N) is 1. The molecule has 2 aromatic rings. The molecule has 21 heavy (non-hydrogen) atoms. The first-order valence-electron chi connectivity index (χ1n) is 7.72. The van der Waals surface area contributed by atoms with E-state index < -0.39 is 0 Å². The molecule has 1 saturated heterocycles. The van der Waals surface area contributed by atoms with Gasteiger partial charge in [-0.1, -0.05) is 31.2 Å². The Morgan fingerprint density at radius 2 is 1.86 bits per heavy atom. The first kappa shape index (κ1) is 13.9. The van der Waals surface area contributed by atoms with Crippen molar-refractivity contribution in [3.63, 3.8) is 0 Å². The van der Waals surface area contributed by atoms with Gasteiger partial charge in [-0.2, -0.15) is 0 Å². The molecule has 1 aliphatic heterocycles. The molecule has 0 saturated carbocycles. The van der Waals surface area contributed by atoms with Gasteiger partial charge in [0, 0.05) is 29.2 Å². The fourth-order valence-corrected chi connectivity index (χ4v) is 3.44. The van der Waals surface area contributed by atoms with E-state index in [4.69, 9.17) is 11.1 Å². The number of fused-ring (bicyclic) bond motifs is 1. The van der Waals surface area contributed by atoms with Crippen LogP contribution in [-0.4, -0.2) is 18.4 Å². The molecule has 3 heteroatoms. The zero-order valence-electron chi connectivity index (χ0n) is 12.8. The molecule has 0 aromatic heterocycles. The first-order valence-corrected chi connectivity index (χ1v) is 7.72. The van der Waals surface area contributed by atoms with Crippen molar-refractivity contribution in [1.82, 2.24) is 0 Å². The number of nitrogens with two attached hydrogens (primary N) is 1. The molecule has 3 N–H and O–H groups in total. The van der Waals surface area contributed by atoms with Gasteiger partial charge in [0.2, 0.25) is 0 Å². The molecule has 0 radical (unpaired) electrons. The smallest absolute Gasteiger partial charge is 0.123 e. The second-order valence-electron chi connectivity index (χ2n) is 6.15. The number of piperidine rings is 1. The summed E-state index contributed by atoms with van der Waals surface area (Å²) >= 11 is 0. The number of hydrogen-bond acceptors (Lipinski definition) is 2. The molecule has 0 bridgehead atoms. The van der Waals surface area contributed by atoms with Crippen LogP contribution in [0.4, 0.5) is 5.69 Å². The molecule has 2 unspecified atom stereocenters. The zero-order chi connectivity index (χ0) is 15.0. The van der Waals surface area contributed by atoms with E-state index in [1.165, 1.54) is 23.9 Å². The van der Waals surface area contributed by atoms with Crippen LogP contribution in [0.15, 0.2) is 36.4 Å². The first-order chi connectivity index (χ1) is 10.1. The van der Waals surface area contributed by atoms with E-state index in [0.717, 1.165) is 17.5 Å². The number of nitrogens with one attached hydrogen (secondary N) is 1. The van der Waals surface area contributed by atoms with Crippen LogP contribution < -0.4 is 10.6 Å². The zero-order valence-corrected chi connectivity index (χ0v) is 12.8. The van der Waals surface area contributed by atoms with E-state index in [2.05, 4.69) is 43.0 Å². The van der Waals surface area contributed by atoms with Gasteiger partial charge < -0.3 is 10.6 Å². The third kappa shape index (κ3) is 2.37. The van der Waals surface area contributed by atoms with Crippen molar-refractivity contribution in [2.24, 2.45) is 11.7 Å². The standard InChI is InChI=1S/C18H23N3/c1-12-6-5-11-21(13(12)2)17-10-9-16(18(19)20)14-7-3-4-8-15(14)17/h3-4,7-10,12-13H,5-6,11H2,1-2H3,(H3,19,20). The molecule has 3 rings (SSSR count). The van der Waals surface area contributed by atoms with Crippen LogP contribution in [0.3, 0.4) is 0 Å². The lowest BCUT2D eigenvalue weighted by atomic mass is 9.90. The lowest BCUT2D eigenvalue weighted by Crippen LogP contribution is -2.42. The van der Waals surface area contributed by atoms with Crippen LogP contribution in [-0.2, 0) is 0 Å². The van der Waals surface area contributed by atoms with Gasteiger partial charge in [-0.3, -0.25) is 5.41 Å². The summed E-state index contributed by atoms with van der Waals surface area (Å²) in [7, 11) is 0. The van der Waals surface area contributed by atoms with Gasteiger partial charge >= 0.3 is 0 Å². The quantitative estimate of drug-likeness (QED) is 0.650. The Hall–Kier alpha value is -2.03. The van der Waals surface area contributed by atoms with Gasteiger partial charge in [0.15, 0.2) is 0 Å². The highest BCUT2D eigenvalue weighted by Gasteiger charge is 2.26. The molecule has 0 spiro atoms. The molecule has 110 valence electrons. The number of benzene rings is 2. The fraction of sp³-hybridized carbons (Fsp3) is 0.389. The monoisotopic (exact) mass is 281 g/mol. The predicted octanol–water partition coefficient (Wildman–Crippen LogP) is 3.75. The summed E-state index contributed by atoms with van der Waals surface area (Å²) in [6.07, 6.45) is 2.55. The van der Waals surface area contributed by atoms with Crippen LogP contribution in [0, 0.1) is 11.3 Å². The molecule has 1 aliphatic rings. The largest absolute Gasteiger partial charge is 0.384 e. The van der Waals surface area contributed by atoms with Gasteiger partial charge in [0.25, 0.3) is 0 Å². The number of hydrogen-bond donors (Lipinski definition) is 2. The summed E-state index contributed by atoms with van der Waals surface area (Å²) in [6, 6.07) is 13.0. The second-order valence-corrected chi connectivity index (χ2v) is 6.15. The minimum atomic E-state index is 0.137. The highest BCUT2D eigenvalue weighted by atomic mass is 15.2. The normalized spacial score (nSPS) is 22.5. The van der Waals surface area contributed by atoms with E-state index in [0.29, 0.717) is 12.0 Å². The minimum Gasteiger partial charge on any atom is -0.384 e. The highest BCUT2D eigenvalue weighted by Crippen LogP contribution is 2.34. The maximum absolute atomic E-state index is 7.77.